The van der Waals surface area contributed by atoms with E-state index in [1.165, 1.54) is 0 Å². The van der Waals surface area contributed by atoms with Gasteiger partial charge in [0, 0.05) is 22.8 Å². The van der Waals surface area contributed by atoms with Crippen LogP contribution in [0.25, 0.3) is 0 Å². The lowest BCUT2D eigenvalue weighted by Gasteiger charge is -2.11. The number of rotatable bonds is 4. The van der Waals surface area contributed by atoms with Crippen LogP contribution in [-0.4, -0.2) is 21.5 Å². The van der Waals surface area contributed by atoms with Crippen molar-refractivity contribution in [1.82, 2.24) is 15.0 Å². The summed E-state index contributed by atoms with van der Waals surface area (Å²) >= 11 is 4.94. The van der Waals surface area contributed by atoms with Gasteiger partial charge >= 0.3 is 0 Å². The van der Waals surface area contributed by atoms with Crippen LogP contribution >= 0.6 is 27.7 Å². The van der Waals surface area contributed by atoms with Crippen LogP contribution in [0.15, 0.2) is 32.9 Å². The van der Waals surface area contributed by atoms with Crippen molar-refractivity contribution >= 4 is 33.5 Å². The molecule has 2 rings (SSSR count). The first kappa shape index (κ1) is 14.3. The van der Waals surface area contributed by atoms with E-state index in [0.29, 0.717) is 0 Å². The van der Waals surface area contributed by atoms with E-state index in [9.17, 15) is 0 Å². The van der Waals surface area contributed by atoms with E-state index in [-0.39, 0.29) is 0 Å². The molecule has 2 aromatic rings. The summed E-state index contributed by atoms with van der Waals surface area (Å²) in [4.78, 5) is 13.3. The van der Waals surface area contributed by atoms with Gasteiger partial charge in [0.1, 0.15) is 21.7 Å². The first-order chi connectivity index (χ1) is 9.10. The van der Waals surface area contributed by atoms with E-state index in [4.69, 9.17) is 0 Å². The molecule has 0 fully saturated rings. The molecule has 0 spiro atoms. The van der Waals surface area contributed by atoms with E-state index in [1.807, 2.05) is 26.0 Å². The minimum absolute atomic E-state index is 0.765. The molecule has 0 saturated carbocycles. The standard InChI is InChI=1S/C13H15BrN4S/c1-4-15-12-8(2)13(18-9(3)17-12)19-11-6-5-10(14)7-16-11/h5-7H,4H2,1-3H3,(H,15,17,18). The summed E-state index contributed by atoms with van der Waals surface area (Å²) in [5.41, 5.74) is 1.06. The Hall–Kier alpha value is -1.14. The van der Waals surface area contributed by atoms with E-state index in [2.05, 4.69) is 43.1 Å². The second-order valence-electron chi connectivity index (χ2n) is 4.00. The molecule has 1 N–H and O–H groups in total. The first-order valence-corrected chi connectivity index (χ1v) is 7.59. The maximum Gasteiger partial charge on any atom is 0.133 e. The molecule has 0 saturated heterocycles. The van der Waals surface area contributed by atoms with Crippen LogP contribution in [-0.2, 0) is 0 Å². The number of hydrogen-bond donors (Lipinski definition) is 1. The number of halogens is 1. The third-order valence-electron chi connectivity index (χ3n) is 2.46. The number of pyridine rings is 1. The molecule has 2 heterocycles. The van der Waals surface area contributed by atoms with E-state index in [1.54, 1.807) is 18.0 Å². The van der Waals surface area contributed by atoms with Gasteiger partial charge in [0.25, 0.3) is 0 Å². The molecule has 100 valence electrons. The summed E-state index contributed by atoms with van der Waals surface area (Å²) in [6.07, 6.45) is 1.79. The molecular formula is C13H15BrN4S. The fourth-order valence-electron chi connectivity index (χ4n) is 1.56. The lowest BCUT2D eigenvalue weighted by Crippen LogP contribution is -2.05. The zero-order valence-electron chi connectivity index (χ0n) is 11.1. The second-order valence-corrected chi connectivity index (χ2v) is 5.92. The highest BCUT2D eigenvalue weighted by atomic mass is 79.9. The van der Waals surface area contributed by atoms with Crippen molar-refractivity contribution in [2.75, 3.05) is 11.9 Å². The molecule has 0 atom stereocenters. The van der Waals surface area contributed by atoms with Gasteiger partial charge in [-0.3, -0.25) is 0 Å². The Kier molecular flexibility index (Phi) is 4.76. The van der Waals surface area contributed by atoms with Gasteiger partial charge in [0.05, 0.1) is 0 Å². The number of nitrogens with zero attached hydrogens (tertiary/aromatic N) is 3. The summed E-state index contributed by atoms with van der Waals surface area (Å²) < 4.78 is 0.973. The molecule has 0 aliphatic rings. The highest BCUT2D eigenvalue weighted by Gasteiger charge is 2.10. The Labute approximate surface area is 125 Å². The Morgan fingerprint density at radius 2 is 2.05 bits per heavy atom. The topological polar surface area (TPSA) is 50.7 Å². The maximum atomic E-state index is 4.49. The van der Waals surface area contributed by atoms with Crippen LogP contribution in [0.3, 0.4) is 0 Å². The van der Waals surface area contributed by atoms with Gasteiger partial charge < -0.3 is 5.32 Å². The van der Waals surface area contributed by atoms with Gasteiger partial charge in [-0.25, -0.2) is 15.0 Å². The average molecular weight is 339 g/mol. The fourth-order valence-corrected chi connectivity index (χ4v) is 2.67. The normalized spacial score (nSPS) is 10.5. The Morgan fingerprint density at radius 3 is 2.68 bits per heavy atom. The predicted octanol–water partition coefficient (Wildman–Crippen LogP) is 3.83. The first-order valence-electron chi connectivity index (χ1n) is 5.98. The van der Waals surface area contributed by atoms with Crippen LogP contribution in [0.1, 0.15) is 18.3 Å². The second kappa shape index (κ2) is 6.34. The number of aryl methyl sites for hydroxylation is 1. The van der Waals surface area contributed by atoms with Gasteiger partial charge in [-0.15, -0.1) is 0 Å². The molecule has 2 aromatic heterocycles. The molecular weight excluding hydrogens is 324 g/mol. The summed E-state index contributed by atoms with van der Waals surface area (Å²) in [5.74, 6) is 1.66. The van der Waals surface area contributed by atoms with Crippen LogP contribution in [0.2, 0.25) is 0 Å². The Balaban J connectivity index is 2.31. The quantitative estimate of drug-likeness (QED) is 0.858. The van der Waals surface area contributed by atoms with Gasteiger partial charge in [-0.05, 0) is 60.6 Å². The fraction of sp³-hybridized carbons (Fsp3) is 0.308. The van der Waals surface area contributed by atoms with E-state index in [0.717, 1.165) is 38.3 Å². The monoisotopic (exact) mass is 338 g/mol. The average Bonchev–Trinajstić information content (AvgIpc) is 2.38. The van der Waals surface area contributed by atoms with Crippen molar-refractivity contribution in [3.8, 4) is 0 Å². The molecule has 0 radical (unpaired) electrons. The van der Waals surface area contributed by atoms with Crippen molar-refractivity contribution in [1.29, 1.82) is 0 Å². The van der Waals surface area contributed by atoms with Gasteiger partial charge in [0.15, 0.2) is 0 Å². The molecule has 0 aromatic carbocycles. The summed E-state index contributed by atoms with van der Waals surface area (Å²) in [5, 5.41) is 5.13. The van der Waals surface area contributed by atoms with Crippen molar-refractivity contribution in [3.05, 3.63) is 34.2 Å². The smallest absolute Gasteiger partial charge is 0.133 e. The van der Waals surface area contributed by atoms with Crippen LogP contribution in [0, 0.1) is 13.8 Å². The van der Waals surface area contributed by atoms with Crippen molar-refractivity contribution in [2.45, 2.75) is 30.8 Å². The van der Waals surface area contributed by atoms with Crippen molar-refractivity contribution in [2.24, 2.45) is 0 Å². The van der Waals surface area contributed by atoms with Crippen LogP contribution < -0.4 is 5.32 Å². The lowest BCUT2D eigenvalue weighted by molar-refractivity contribution is 0.929. The predicted molar refractivity (Wildman–Crippen MR) is 81.7 cm³/mol. The van der Waals surface area contributed by atoms with E-state index < -0.39 is 0 Å². The minimum Gasteiger partial charge on any atom is -0.370 e. The lowest BCUT2D eigenvalue weighted by atomic mass is 10.3. The number of anilines is 1. The zero-order valence-corrected chi connectivity index (χ0v) is 13.5. The molecule has 0 aliphatic heterocycles. The number of aromatic nitrogens is 3. The molecule has 6 heteroatoms. The molecule has 0 bridgehead atoms. The Bertz CT molecular complexity index is 572. The van der Waals surface area contributed by atoms with Crippen molar-refractivity contribution < 1.29 is 0 Å². The third kappa shape index (κ3) is 3.67. The summed E-state index contributed by atoms with van der Waals surface area (Å²) in [6.45, 7) is 6.83. The van der Waals surface area contributed by atoms with Crippen LogP contribution in [0.4, 0.5) is 5.82 Å². The van der Waals surface area contributed by atoms with E-state index >= 15 is 0 Å². The number of nitrogens with one attached hydrogen (secondary N) is 1. The molecule has 0 amide bonds. The minimum atomic E-state index is 0.765. The van der Waals surface area contributed by atoms with Gasteiger partial charge in [-0.1, -0.05) is 0 Å². The largest absolute Gasteiger partial charge is 0.370 e. The summed E-state index contributed by atoms with van der Waals surface area (Å²) in [6, 6.07) is 3.95. The van der Waals surface area contributed by atoms with Gasteiger partial charge in [-0.2, -0.15) is 0 Å². The zero-order chi connectivity index (χ0) is 13.8. The number of hydrogen-bond acceptors (Lipinski definition) is 5. The molecule has 4 nitrogen and oxygen atoms in total. The Morgan fingerprint density at radius 1 is 1.26 bits per heavy atom. The maximum absolute atomic E-state index is 4.49. The molecule has 19 heavy (non-hydrogen) atoms. The third-order valence-corrected chi connectivity index (χ3v) is 3.97. The highest BCUT2D eigenvalue weighted by molar-refractivity contribution is 9.10. The van der Waals surface area contributed by atoms with Crippen LogP contribution in [0.5, 0.6) is 0 Å². The highest BCUT2D eigenvalue weighted by Crippen LogP contribution is 2.30. The summed E-state index contributed by atoms with van der Waals surface area (Å²) in [7, 11) is 0. The SMILES string of the molecule is CCNc1nc(C)nc(Sc2ccc(Br)cn2)c1C. The van der Waals surface area contributed by atoms with Crippen molar-refractivity contribution in [3.63, 3.8) is 0 Å². The van der Waals surface area contributed by atoms with Gasteiger partial charge in [0.2, 0.25) is 0 Å². The molecule has 0 aliphatic carbocycles. The molecule has 0 unspecified atom stereocenters.